The van der Waals surface area contributed by atoms with Crippen molar-refractivity contribution < 1.29 is 54.8 Å². The fourth-order valence-electron chi connectivity index (χ4n) is 5.72. The molecule has 1 heterocycles. The summed E-state index contributed by atoms with van der Waals surface area (Å²) >= 11 is 0. The lowest BCUT2D eigenvalue weighted by Gasteiger charge is -2.41. The normalized spacial score (nSPS) is 30.3. The average Bonchev–Trinajstić information content (AvgIpc) is 2.87. The molecular weight excluding hydrogens is 498 g/mol. The van der Waals surface area contributed by atoms with Crippen LogP contribution in [-0.2, 0) is 20.7 Å². The number of aliphatic hydroxyl groups excluding tert-OH is 1. The molecule has 202 valence electrons. The minimum Gasteiger partial charge on any atom is -0.507 e. The van der Waals surface area contributed by atoms with Gasteiger partial charge in [0.15, 0.2) is 17.9 Å². The quantitative estimate of drug-likeness (QED) is 0.295. The molecule has 1 unspecified atom stereocenters. The fraction of sp³-hybridized carbons (Fsp3) is 0.444. The molecule has 0 amide bonds. The number of carbonyl (C=O) groups excluding carboxylic acids is 3. The van der Waals surface area contributed by atoms with E-state index in [1.165, 1.54) is 32.2 Å². The number of methoxy groups -OCH3 is 1. The molecule has 11 heteroatoms. The van der Waals surface area contributed by atoms with Gasteiger partial charge in [-0.25, -0.2) is 0 Å². The van der Waals surface area contributed by atoms with Crippen LogP contribution in [0.2, 0.25) is 0 Å². The molecule has 0 spiro atoms. The summed E-state index contributed by atoms with van der Waals surface area (Å²) in [7, 11) is 1.34. The standard InChI is InChI=1S/C27H29NO10/c1-10-22(30)14(28)7-17(37-10)38-16-9-27(35,11(2)29)8-13-19(16)26(34)21-20(24(13)32)23(31)12-5-4-6-15(36-3)18(12)25(21)33/h4-6,10,14,16-17,22,30,32,34-35H,7-9,28H2,1-3H3/p+1/t10?,14-,16+,17+,22-,27+/m1/s1. The van der Waals surface area contributed by atoms with Gasteiger partial charge in [0.1, 0.15) is 35.0 Å². The number of rotatable bonds is 4. The third-order valence-electron chi connectivity index (χ3n) is 7.87. The van der Waals surface area contributed by atoms with Crippen LogP contribution in [0.5, 0.6) is 17.2 Å². The lowest BCUT2D eigenvalue weighted by Crippen LogP contribution is -2.71. The molecule has 2 aliphatic carbocycles. The number of hydrogen-bond acceptors (Lipinski definition) is 10. The molecule has 0 radical (unpaired) electrons. The van der Waals surface area contributed by atoms with Crippen molar-refractivity contribution in [1.82, 2.24) is 0 Å². The van der Waals surface area contributed by atoms with Gasteiger partial charge in [-0.15, -0.1) is 0 Å². The van der Waals surface area contributed by atoms with E-state index in [0.29, 0.717) is 0 Å². The van der Waals surface area contributed by atoms with Crippen molar-refractivity contribution in [2.75, 3.05) is 7.11 Å². The number of aliphatic hydroxyl groups is 2. The summed E-state index contributed by atoms with van der Waals surface area (Å²) in [6.45, 7) is 2.84. The van der Waals surface area contributed by atoms with E-state index in [1.807, 2.05) is 0 Å². The van der Waals surface area contributed by atoms with Crippen molar-refractivity contribution >= 4 is 17.3 Å². The summed E-state index contributed by atoms with van der Waals surface area (Å²) in [5.74, 6) is -3.11. The Morgan fingerprint density at radius 2 is 1.82 bits per heavy atom. The lowest BCUT2D eigenvalue weighted by atomic mass is 9.72. The summed E-state index contributed by atoms with van der Waals surface area (Å²) in [5, 5.41) is 44.2. The van der Waals surface area contributed by atoms with Gasteiger partial charge in [-0.05, 0) is 19.9 Å². The first-order valence-corrected chi connectivity index (χ1v) is 12.3. The Kier molecular flexibility index (Phi) is 6.32. The summed E-state index contributed by atoms with van der Waals surface area (Å²) < 4.78 is 17.1. The highest BCUT2D eigenvalue weighted by molar-refractivity contribution is 6.31. The zero-order valence-electron chi connectivity index (χ0n) is 21.2. The van der Waals surface area contributed by atoms with Gasteiger partial charge in [-0.3, -0.25) is 14.4 Å². The minimum atomic E-state index is -1.98. The Labute approximate surface area is 217 Å². The molecule has 6 atom stereocenters. The first kappa shape index (κ1) is 26.3. The highest BCUT2D eigenvalue weighted by Gasteiger charge is 2.49. The number of carbonyl (C=O) groups is 3. The highest BCUT2D eigenvalue weighted by atomic mass is 16.7. The molecule has 11 nitrogen and oxygen atoms in total. The van der Waals surface area contributed by atoms with Gasteiger partial charge in [0.05, 0.1) is 42.4 Å². The van der Waals surface area contributed by atoms with Crippen molar-refractivity contribution in [3.8, 4) is 17.2 Å². The zero-order chi connectivity index (χ0) is 27.7. The van der Waals surface area contributed by atoms with E-state index in [-0.39, 0.29) is 40.8 Å². The maximum atomic E-state index is 13.6. The number of ketones is 3. The van der Waals surface area contributed by atoms with E-state index in [9.17, 15) is 34.8 Å². The van der Waals surface area contributed by atoms with Crippen LogP contribution in [0.3, 0.4) is 0 Å². The van der Waals surface area contributed by atoms with E-state index >= 15 is 0 Å². The third kappa shape index (κ3) is 3.81. The van der Waals surface area contributed by atoms with Crippen LogP contribution in [0.15, 0.2) is 18.2 Å². The van der Waals surface area contributed by atoms with Crippen molar-refractivity contribution in [3.63, 3.8) is 0 Å². The number of benzene rings is 2. The first-order chi connectivity index (χ1) is 17.9. The molecular formula is C27H30NO10+. The molecule has 2 aromatic carbocycles. The molecule has 1 fully saturated rings. The van der Waals surface area contributed by atoms with Crippen molar-refractivity contribution in [1.29, 1.82) is 0 Å². The van der Waals surface area contributed by atoms with Crippen LogP contribution in [0.25, 0.3) is 0 Å². The predicted molar refractivity (Wildman–Crippen MR) is 129 cm³/mol. The molecule has 5 rings (SSSR count). The first-order valence-electron chi connectivity index (χ1n) is 12.3. The topological polar surface area (TPSA) is 187 Å². The minimum absolute atomic E-state index is 0.00780. The maximum Gasteiger partial charge on any atom is 0.202 e. The molecule has 7 N–H and O–H groups in total. The predicted octanol–water partition coefficient (Wildman–Crippen LogP) is 0.312. The van der Waals surface area contributed by atoms with Crippen LogP contribution in [0.1, 0.15) is 75.8 Å². The number of aromatic hydroxyl groups is 2. The lowest BCUT2D eigenvalue weighted by molar-refractivity contribution is -0.466. The molecule has 0 aromatic heterocycles. The van der Waals surface area contributed by atoms with Gasteiger partial charge in [-0.1, -0.05) is 12.1 Å². The third-order valence-corrected chi connectivity index (χ3v) is 7.87. The number of quaternary nitrogens is 1. The van der Waals surface area contributed by atoms with Crippen LogP contribution in [0.4, 0.5) is 0 Å². The SMILES string of the molecule is COc1cccc2c1C(=O)c1c(O)c3c(c(O)c1C2=O)C[C@@](O)(C(C)=O)C[C@@H]3O[C@H]1C[C@@H]([NH3+])[C@H](O)C(C)O1. The second-order valence-electron chi connectivity index (χ2n) is 10.2. The molecule has 2 aromatic rings. The Hall–Kier alpha value is -3.35. The van der Waals surface area contributed by atoms with Gasteiger partial charge >= 0.3 is 0 Å². The van der Waals surface area contributed by atoms with E-state index in [0.717, 1.165) is 0 Å². The van der Waals surface area contributed by atoms with Crippen LogP contribution in [-0.4, -0.2) is 75.0 Å². The smallest absolute Gasteiger partial charge is 0.202 e. The van der Waals surface area contributed by atoms with Crippen LogP contribution < -0.4 is 10.5 Å². The van der Waals surface area contributed by atoms with E-state index in [2.05, 4.69) is 5.73 Å². The molecule has 1 aliphatic heterocycles. The van der Waals surface area contributed by atoms with Crippen molar-refractivity contribution in [3.05, 3.63) is 51.6 Å². The monoisotopic (exact) mass is 528 g/mol. The zero-order valence-corrected chi connectivity index (χ0v) is 21.2. The van der Waals surface area contributed by atoms with Gasteiger partial charge in [0, 0.05) is 29.5 Å². The van der Waals surface area contributed by atoms with Gasteiger partial charge in [0.2, 0.25) is 5.78 Å². The van der Waals surface area contributed by atoms with Crippen molar-refractivity contribution in [2.24, 2.45) is 0 Å². The van der Waals surface area contributed by atoms with Gasteiger partial charge < -0.3 is 40.4 Å². The van der Waals surface area contributed by atoms with E-state index < -0.39 is 82.6 Å². The largest absolute Gasteiger partial charge is 0.507 e. The summed E-state index contributed by atoms with van der Waals surface area (Å²) in [5.41, 5.74) is 0.969. The van der Waals surface area contributed by atoms with Gasteiger partial charge in [-0.2, -0.15) is 0 Å². The van der Waals surface area contributed by atoms with Crippen LogP contribution in [0, 0.1) is 0 Å². The number of Topliss-reactive ketones (excluding diaryl/α,β-unsaturated/α-hetero) is 1. The summed E-state index contributed by atoms with van der Waals surface area (Å²) in [6.07, 6.45) is -4.12. The Morgan fingerprint density at radius 3 is 2.45 bits per heavy atom. The van der Waals surface area contributed by atoms with Crippen molar-refractivity contribution in [2.45, 2.75) is 69.4 Å². The molecule has 0 bridgehead atoms. The van der Waals surface area contributed by atoms with E-state index in [4.69, 9.17) is 14.2 Å². The summed E-state index contributed by atoms with van der Waals surface area (Å²) in [6, 6.07) is 4.01. The molecule has 3 aliphatic rings. The Balaban J connectivity index is 1.68. The van der Waals surface area contributed by atoms with Gasteiger partial charge in [0.25, 0.3) is 0 Å². The number of fused-ring (bicyclic) bond motifs is 3. The molecule has 38 heavy (non-hydrogen) atoms. The number of hydrogen-bond donors (Lipinski definition) is 5. The second-order valence-corrected chi connectivity index (χ2v) is 10.2. The maximum absolute atomic E-state index is 13.6. The molecule has 0 saturated carbocycles. The second kappa shape index (κ2) is 9.14. The number of phenolic OH excluding ortho intramolecular Hbond substituents is 2. The fourth-order valence-corrected chi connectivity index (χ4v) is 5.72. The average molecular weight is 529 g/mol. The number of ether oxygens (including phenoxy) is 3. The van der Waals surface area contributed by atoms with E-state index in [1.54, 1.807) is 6.92 Å². The highest BCUT2D eigenvalue weighted by Crippen LogP contribution is 2.52. The van der Waals surface area contributed by atoms with Crippen LogP contribution >= 0.6 is 0 Å². The molecule has 1 saturated heterocycles. The summed E-state index contributed by atoms with van der Waals surface area (Å²) in [4.78, 5) is 39.6. The Morgan fingerprint density at radius 1 is 1.13 bits per heavy atom. The Bertz CT molecular complexity index is 1360. The number of phenols is 2.